The summed E-state index contributed by atoms with van der Waals surface area (Å²) in [6.07, 6.45) is 0. The maximum atomic E-state index is 15.2. The maximum absolute atomic E-state index is 15.2. The van der Waals surface area contributed by atoms with Crippen LogP contribution in [0.1, 0.15) is 54.1 Å². The van der Waals surface area contributed by atoms with E-state index in [0.717, 1.165) is 19.9 Å². The average molecular weight is 472 g/mol. The highest BCUT2D eigenvalue weighted by molar-refractivity contribution is 6.52. The third-order valence-electron chi connectivity index (χ3n) is 5.98. The number of aliphatic hydroxyl groups is 1. The zero-order chi connectivity index (χ0) is 25.2. The van der Waals surface area contributed by atoms with Crippen molar-refractivity contribution in [2.45, 2.75) is 45.3 Å². The van der Waals surface area contributed by atoms with Gasteiger partial charge in [0, 0.05) is 18.0 Å². The second-order valence-electron chi connectivity index (χ2n) is 8.91. The van der Waals surface area contributed by atoms with E-state index in [-0.39, 0.29) is 16.9 Å². The number of aromatic nitrogens is 2. The van der Waals surface area contributed by atoms with Crippen LogP contribution in [0.25, 0.3) is 10.9 Å². The van der Waals surface area contributed by atoms with Gasteiger partial charge in [0.05, 0.1) is 28.4 Å². The Kier molecular flexibility index (Phi) is 5.39. The van der Waals surface area contributed by atoms with Crippen LogP contribution in [0.4, 0.5) is 24.7 Å². The van der Waals surface area contributed by atoms with Crippen LogP contribution in [0.3, 0.4) is 0 Å². The summed E-state index contributed by atoms with van der Waals surface area (Å²) in [6, 6.07) is 5.91. The highest BCUT2D eigenvalue weighted by atomic mass is 19.3. The number of rotatable bonds is 5. The van der Waals surface area contributed by atoms with Gasteiger partial charge in [0.1, 0.15) is 23.1 Å². The van der Waals surface area contributed by atoms with Gasteiger partial charge >= 0.3 is 5.92 Å². The Morgan fingerprint density at radius 1 is 1.15 bits per heavy atom. The summed E-state index contributed by atoms with van der Waals surface area (Å²) in [6.45, 7) is 5.05. The van der Waals surface area contributed by atoms with Crippen molar-refractivity contribution in [2.75, 3.05) is 17.3 Å². The number of likely N-dealkylation sites (N-methyl/N-ethyl adjacent to an activating group) is 1. The number of Topliss-reactive ketones (excluding diaryl/α,β-unsaturated/α-hetero) is 1. The van der Waals surface area contributed by atoms with Crippen LogP contribution in [-0.4, -0.2) is 39.4 Å². The van der Waals surface area contributed by atoms with Crippen molar-refractivity contribution in [1.29, 1.82) is 0 Å². The molecule has 34 heavy (non-hydrogen) atoms. The Morgan fingerprint density at radius 2 is 1.82 bits per heavy atom. The number of hydrogen-bond acceptors (Lipinski definition) is 6. The number of anilines is 2. The van der Waals surface area contributed by atoms with Crippen LogP contribution in [-0.2, 0) is 10.7 Å². The van der Waals surface area contributed by atoms with E-state index in [2.05, 4.69) is 15.3 Å². The maximum Gasteiger partial charge on any atom is 0.303 e. The van der Waals surface area contributed by atoms with Gasteiger partial charge in [0.2, 0.25) is 0 Å². The Labute approximate surface area is 193 Å². The molecule has 7 nitrogen and oxygen atoms in total. The molecule has 10 heteroatoms. The van der Waals surface area contributed by atoms with Gasteiger partial charge in [-0.25, -0.2) is 14.4 Å². The molecule has 3 aromatic rings. The molecule has 1 aromatic heterocycles. The molecular weight excluding hydrogens is 449 g/mol. The van der Waals surface area contributed by atoms with Crippen molar-refractivity contribution < 1.29 is 27.9 Å². The predicted molar refractivity (Wildman–Crippen MR) is 121 cm³/mol. The van der Waals surface area contributed by atoms with E-state index >= 15 is 4.39 Å². The molecule has 1 amide bonds. The fraction of sp³-hybridized carbons (Fsp3) is 0.333. The lowest BCUT2D eigenvalue weighted by Gasteiger charge is -2.30. The quantitative estimate of drug-likeness (QED) is 0.539. The van der Waals surface area contributed by atoms with Crippen LogP contribution in [0.5, 0.6) is 0 Å². The van der Waals surface area contributed by atoms with Crippen LogP contribution in [0.15, 0.2) is 30.3 Å². The lowest BCUT2D eigenvalue weighted by molar-refractivity contribution is -0.170. The molecular formula is C24H23F3N4O3. The molecule has 2 aromatic carbocycles. The first-order chi connectivity index (χ1) is 15.7. The summed E-state index contributed by atoms with van der Waals surface area (Å²) < 4.78 is 44.6. The van der Waals surface area contributed by atoms with E-state index in [1.807, 2.05) is 0 Å². The van der Waals surface area contributed by atoms with Crippen LogP contribution in [0, 0.1) is 12.7 Å². The first-order valence-corrected chi connectivity index (χ1v) is 10.5. The molecule has 4 rings (SSSR count). The second-order valence-corrected chi connectivity index (χ2v) is 8.91. The number of halogens is 3. The third-order valence-corrected chi connectivity index (χ3v) is 5.98. The largest absolute Gasteiger partial charge is 0.384 e. The molecule has 1 aliphatic heterocycles. The Morgan fingerprint density at radius 3 is 2.47 bits per heavy atom. The molecule has 1 aliphatic rings. The van der Waals surface area contributed by atoms with Crippen LogP contribution < -0.4 is 10.2 Å². The Hall–Kier alpha value is -3.53. The number of nitrogens with one attached hydrogen (secondary N) is 1. The number of fused-ring (bicyclic) bond motifs is 2. The summed E-state index contributed by atoms with van der Waals surface area (Å²) in [4.78, 5) is 34.3. The van der Waals surface area contributed by atoms with Crippen molar-refractivity contribution in [3.63, 3.8) is 0 Å². The van der Waals surface area contributed by atoms with E-state index < -0.39 is 40.6 Å². The highest BCUT2D eigenvalue weighted by Gasteiger charge is 2.49. The molecule has 1 unspecified atom stereocenters. The Bertz CT molecular complexity index is 1350. The van der Waals surface area contributed by atoms with Gasteiger partial charge in [-0.2, -0.15) is 8.78 Å². The van der Waals surface area contributed by atoms with Gasteiger partial charge in [-0.1, -0.05) is 12.1 Å². The van der Waals surface area contributed by atoms with E-state index in [1.165, 1.54) is 30.1 Å². The lowest BCUT2D eigenvalue weighted by atomic mass is 9.91. The SMILES string of the molecule is Cc1nc(NC(C)c2cccc(C(F)(F)C(C)(C)O)c2F)c2cc3c(cc2n1)C(=O)C(=O)N3C. The zero-order valence-electron chi connectivity index (χ0n) is 19.2. The van der Waals surface area contributed by atoms with Crippen LogP contribution >= 0.6 is 0 Å². The Balaban J connectivity index is 1.78. The number of aryl methyl sites for hydroxylation is 1. The van der Waals surface area contributed by atoms with Crippen molar-refractivity contribution in [3.05, 3.63) is 58.7 Å². The number of hydrogen-bond donors (Lipinski definition) is 2. The number of benzene rings is 2. The normalized spacial score (nSPS) is 15.1. The molecule has 2 heterocycles. The minimum atomic E-state index is -3.82. The topological polar surface area (TPSA) is 95.4 Å². The van der Waals surface area contributed by atoms with E-state index in [9.17, 15) is 23.5 Å². The number of carbonyl (C=O) groups excluding carboxylic acids is 2. The fourth-order valence-corrected chi connectivity index (χ4v) is 3.97. The van der Waals surface area contributed by atoms with Crippen LogP contribution in [0.2, 0.25) is 0 Å². The number of nitrogens with zero attached hydrogens (tertiary/aromatic N) is 3. The molecule has 0 spiro atoms. The molecule has 2 N–H and O–H groups in total. The first-order valence-electron chi connectivity index (χ1n) is 10.5. The van der Waals surface area contributed by atoms with Gasteiger partial charge in [-0.05, 0) is 45.9 Å². The minimum absolute atomic E-state index is 0.0468. The monoisotopic (exact) mass is 472 g/mol. The smallest absolute Gasteiger partial charge is 0.303 e. The third kappa shape index (κ3) is 3.58. The fourth-order valence-electron chi connectivity index (χ4n) is 3.97. The summed E-state index contributed by atoms with van der Waals surface area (Å²) in [5, 5.41) is 13.4. The molecule has 0 bridgehead atoms. The number of ketones is 1. The van der Waals surface area contributed by atoms with Crippen molar-refractivity contribution in [2.24, 2.45) is 0 Å². The number of amides is 1. The first kappa shape index (κ1) is 23.6. The molecule has 0 saturated carbocycles. The summed E-state index contributed by atoms with van der Waals surface area (Å²) in [5.41, 5.74) is -2.40. The van der Waals surface area contributed by atoms with Crippen molar-refractivity contribution in [1.82, 2.24) is 9.97 Å². The van der Waals surface area contributed by atoms with E-state index in [0.29, 0.717) is 22.4 Å². The molecule has 0 aliphatic carbocycles. The van der Waals surface area contributed by atoms with Crippen molar-refractivity contribution in [3.8, 4) is 0 Å². The lowest BCUT2D eigenvalue weighted by Crippen LogP contribution is -2.41. The van der Waals surface area contributed by atoms with Gasteiger partial charge in [0.25, 0.3) is 11.7 Å². The van der Waals surface area contributed by atoms with Gasteiger partial charge < -0.3 is 15.3 Å². The van der Waals surface area contributed by atoms with Gasteiger partial charge in [-0.15, -0.1) is 0 Å². The van der Waals surface area contributed by atoms with Gasteiger partial charge in [-0.3, -0.25) is 9.59 Å². The minimum Gasteiger partial charge on any atom is -0.384 e. The van der Waals surface area contributed by atoms with E-state index in [1.54, 1.807) is 19.9 Å². The standard InChI is InChI=1S/C24H23F3N4O3/c1-11(13-7-6-8-16(19(13)25)24(26,27)23(3,4)34)28-21-14-10-18-15(20(32)22(33)31(18)5)9-17(14)29-12(2)30-21/h6-11,34H,1-5H3,(H,28,29,30). The average Bonchev–Trinajstić information content (AvgIpc) is 2.95. The summed E-state index contributed by atoms with van der Waals surface area (Å²) >= 11 is 0. The highest BCUT2D eigenvalue weighted by Crippen LogP contribution is 2.41. The molecule has 0 saturated heterocycles. The molecule has 1 atom stereocenters. The molecule has 178 valence electrons. The molecule has 0 radical (unpaired) electrons. The van der Waals surface area contributed by atoms with Crippen molar-refractivity contribution >= 4 is 34.1 Å². The predicted octanol–water partition coefficient (Wildman–Crippen LogP) is 4.27. The summed E-state index contributed by atoms with van der Waals surface area (Å²) in [5.74, 6) is -5.61. The van der Waals surface area contributed by atoms with Gasteiger partial charge in [0.15, 0.2) is 0 Å². The second kappa shape index (κ2) is 7.76. The zero-order valence-corrected chi connectivity index (χ0v) is 19.2. The van der Waals surface area contributed by atoms with E-state index in [4.69, 9.17) is 0 Å². The summed E-state index contributed by atoms with van der Waals surface area (Å²) in [7, 11) is 1.48. The number of alkyl halides is 2. The molecule has 0 fully saturated rings. The number of carbonyl (C=O) groups is 2.